The Kier molecular flexibility index (Phi) is 3.33. The van der Waals surface area contributed by atoms with Gasteiger partial charge in [-0.05, 0) is 25.1 Å². The Balaban J connectivity index is 2.54. The van der Waals surface area contributed by atoms with Crippen LogP contribution in [0.25, 0.3) is 5.69 Å². The third-order valence-electron chi connectivity index (χ3n) is 2.50. The van der Waals surface area contributed by atoms with Gasteiger partial charge in [0.25, 0.3) is 0 Å². The standard InChI is InChI=1S/C11H14N4O3/c1-2-18-9-4-3-8(5-7(9)6-12)15-10(16)13-14-11(15)17/h3-5H,2,6,12H2,1H3,(H,13,16)(H,14,17). The number of hydrogen-bond donors (Lipinski definition) is 3. The van der Waals surface area contributed by atoms with Crippen LogP contribution < -0.4 is 21.9 Å². The summed E-state index contributed by atoms with van der Waals surface area (Å²) in [6.45, 7) is 2.66. The summed E-state index contributed by atoms with van der Waals surface area (Å²) in [5, 5.41) is 4.44. The second-order valence-electron chi connectivity index (χ2n) is 3.62. The van der Waals surface area contributed by atoms with Crippen molar-refractivity contribution in [3.05, 3.63) is 44.7 Å². The quantitative estimate of drug-likeness (QED) is 0.693. The lowest BCUT2D eigenvalue weighted by atomic mass is 10.1. The van der Waals surface area contributed by atoms with Crippen LogP contribution in [0.5, 0.6) is 5.75 Å². The third kappa shape index (κ3) is 2.07. The number of nitrogens with zero attached hydrogens (tertiary/aromatic N) is 1. The molecular weight excluding hydrogens is 236 g/mol. The normalized spacial score (nSPS) is 10.6. The number of ether oxygens (including phenoxy) is 1. The molecule has 0 aliphatic rings. The van der Waals surface area contributed by atoms with E-state index in [2.05, 4.69) is 10.2 Å². The van der Waals surface area contributed by atoms with E-state index < -0.39 is 11.4 Å². The summed E-state index contributed by atoms with van der Waals surface area (Å²) in [5.74, 6) is 0.656. The summed E-state index contributed by atoms with van der Waals surface area (Å²) >= 11 is 0. The van der Waals surface area contributed by atoms with E-state index in [0.29, 0.717) is 18.0 Å². The largest absolute Gasteiger partial charge is 0.494 e. The Morgan fingerprint density at radius 2 is 1.94 bits per heavy atom. The Hall–Kier alpha value is -2.28. The van der Waals surface area contributed by atoms with Crippen LogP contribution in [0.4, 0.5) is 0 Å². The highest BCUT2D eigenvalue weighted by Crippen LogP contribution is 2.20. The summed E-state index contributed by atoms with van der Waals surface area (Å²) in [7, 11) is 0. The maximum atomic E-state index is 11.5. The van der Waals surface area contributed by atoms with E-state index in [-0.39, 0.29) is 6.54 Å². The van der Waals surface area contributed by atoms with Crippen LogP contribution in [0.3, 0.4) is 0 Å². The molecule has 18 heavy (non-hydrogen) atoms. The lowest BCUT2D eigenvalue weighted by molar-refractivity contribution is 0.336. The first-order chi connectivity index (χ1) is 8.67. The van der Waals surface area contributed by atoms with Gasteiger partial charge in [-0.15, -0.1) is 0 Å². The van der Waals surface area contributed by atoms with Gasteiger partial charge in [-0.2, -0.15) is 0 Å². The highest BCUT2D eigenvalue weighted by molar-refractivity contribution is 5.44. The van der Waals surface area contributed by atoms with Crippen molar-refractivity contribution in [2.75, 3.05) is 6.61 Å². The van der Waals surface area contributed by atoms with Crippen molar-refractivity contribution in [1.29, 1.82) is 0 Å². The summed E-state index contributed by atoms with van der Waals surface area (Å²) in [5.41, 5.74) is 5.76. The van der Waals surface area contributed by atoms with E-state index in [1.165, 1.54) is 0 Å². The monoisotopic (exact) mass is 250 g/mol. The van der Waals surface area contributed by atoms with Crippen LogP contribution in [0.15, 0.2) is 27.8 Å². The fraction of sp³-hybridized carbons (Fsp3) is 0.273. The summed E-state index contributed by atoms with van der Waals surface area (Å²) in [6, 6.07) is 4.99. The fourth-order valence-electron chi connectivity index (χ4n) is 1.71. The Bertz CT molecular complexity index is 625. The van der Waals surface area contributed by atoms with E-state index in [1.54, 1.807) is 18.2 Å². The average Bonchev–Trinajstić information content (AvgIpc) is 2.70. The second kappa shape index (κ2) is 4.92. The maximum absolute atomic E-state index is 11.5. The van der Waals surface area contributed by atoms with Crippen molar-refractivity contribution < 1.29 is 4.74 Å². The minimum atomic E-state index is -0.521. The summed E-state index contributed by atoms with van der Waals surface area (Å²) in [6.07, 6.45) is 0. The Morgan fingerprint density at radius 3 is 2.50 bits per heavy atom. The van der Waals surface area contributed by atoms with E-state index in [0.717, 1.165) is 10.1 Å². The van der Waals surface area contributed by atoms with Crippen molar-refractivity contribution in [3.8, 4) is 11.4 Å². The highest BCUT2D eigenvalue weighted by atomic mass is 16.5. The molecule has 0 fully saturated rings. The van der Waals surface area contributed by atoms with E-state index >= 15 is 0 Å². The van der Waals surface area contributed by atoms with Gasteiger partial charge in [-0.3, -0.25) is 0 Å². The first-order valence-corrected chi connectivity index (χ1v) is 5.53. The van der Waals surface area contributed by atoms with Crippen LogP contribution in [-0.4, -0.2) is 21.4 Å². The average molecular weight is 250 g/mol. The highest BCUT2D eigenvalue weighted by Gasteiger charge is 2.09. The van der Waals surface area contributed by atoms with Gasteiger partial charge in [-0.25, -0.2) is 24.4 Å². The summed E-state index contributed by atoms with van der Waals surface area (Å²) < 4.78 is 6.39. The first-order valence-electron chi connectivity index (χ1n) is 5.53. The predicted octanol–water partition coefficient (Wildman–Crippen LogP) is -0.289. The van der Waals surface area contributed by atoms with Crippen molar-refractivity contribution in [3.63, 3.8) is 0 Å². The smallest absolute Gasteiger partial charge is 0.348 e. The predicted molar refractivity (Wildman–Crippen MR) is 66.1 cm³/mol. The number of hydrogen-bond acceptors (Lipinski definition) is 4. The van der Waals surface area contributed by atoms with Crippen molar-refractivity contribution in [2.45, 2.75) is 13.5 Å². The Labute approximate surface area is 102 Å². The van der Waals surface area contributed by atoms with Crippen LogP contribution >= 0.6 is 0 Å². The molecule has 2 aromatic rings. The van der Waals surface area contributed by atoms with E-state index in [4.69, 9.17) is 10.5 Å². The number of benzene rings is 1. The first kappa shape index (κ1) is 12.2. The molecule has 1 aromatic carbocycles. The van der Waals surface area contributed by atoms with Crippen molar-refractivity contribution >= 4 is 0 Å². The lowest BCUT2D eigenvalue weighted by Gasteiger charge is -2.10. The molecule has 0 unspecified atom stereocenters. The molecule has 7 nitrogen and oxygen atoms in total. The van der Waals surface area contributed by atoms with Gasteiger partial charge >= 0.3 is 11.4 Å². The van der Waals surface area contributed by atoms with Gasteiger partial charge in [0.1, 0.15) is 5.75 Å². The fourth-order valence-corrected chi connectivity index (χ4v) is 1.71. The zero-order valence-corrected chi connectivity index (χ0v) is 9.90. The molecule has 4 N–H and O–H groups in total. The van der Waals surface area contributed by atoms with Crippen molar-refractivity contribution in [1.82, 2.24) is 14.8 Å². The third-order valence-corrected chi connectivity index (χ3v) is 2.50. The molecule has 0 amide bonds. The number of aromatic amines is 2. The number of H-pyrrole nitrogens is 2. The maximum Gasteiger partial charge on any atom is 0.348 e. The second-order valence-corrected chi connectivity index (χ2v) is 3.62. The molecule has 0 atom stereocenters. The molecule has 2 rings (SSSR count). The molecule has 0 saturated carbocycles. The van der Waals surface area contributed by atoms with Gasteiger partial charge in [0.15, 0.2) is 0 Å². The van der Waals surface area contributed by atoms with Gasteiger partial charge in [0.05, 0.1) is 12.3 Å². The lowest BCUT2D eigenvalue weighted by Crippen LogP contribution is -2.24. The molecule has 7 heteroatoms. The van der Waals surface area contributed by atoms with Gasteiger partial charge in [-0.1, -0.05) is 0 Å². The van der Waals surface area contributed by atoms with Crippen LogP contribution in [-0.2, 0) is 6.54 Å². The SMILES string of the molecule is CCOc1ccc(-n2c(=O)[nH][nH]c2=O)cc1CN. The zero-order chi connectivity index (χ0) is 13.1. The van der Waals surface area contributed by atoms with Crippen LogP contribution in [0, 0.1) is 0 Å². The summed E-state index contributed by atoms with van der Waals surface area (Å²) in [4.78, 5) is 22.9. The Morgan fingerprint density at radius 1 is 1.28 bits per heavy atom. The molecule has 0 aliphatic heterocycles. The van der Waals surface area contributed by atoms with Crippen LogP contribution in [0.1, 0.15) is 12.5 Å². The molecule has 1 aromatic heterocycles. The molecule has 0 bridgehead atoms. The number of nitrogens with two attached hydrogens (primary N) is 1. The van der Waals surface area contributed by atoms with E-state index in [9.17, 15) is 9.59 Å². The topological polar surface area (TPSA) is 106 Å². The molecule has 0 radical (unpaired) electrons. The molecule has 96 valence electrons. The van der Waals surface area contributed by atoms with Gasteiger partial charge in [0, 0.05) is 12.1 Å². The van der Waals surface area contributed by atoms with Gasteiger partial charge in [0.2, 0.25) is 0 Å². The molecule has 0 saturated heterocycles. The van der Waals surface area contributed by atoms with Crippen LogP contribution in [0.2, 0.25) is 0 Å². The van der Waals surface area contributed by atoms with E-state index in [1.807, 2.05) is 6.92 Å². The molecule has 0 spiro atoms. The number of nitrogens with one attached hydrogen (secondary N) is 2. The number of aromatic nitrogens is 3. The van der Waals surface area contributed by atoms with Gasteiger partial charge < -0.3 is 10.5 Å². The number of rotatable bonds is 4. The molecular formula is C11H14N4O3. The minimum Gasteiger partial charge on any atom is -0.494 e. The molecule has 0 aliphatic carbocycles. The zero-order valence-electron chi connectivity index (χ0n) is 9.90. The minimum absolute atomic E-state index is 0.264. The van der Waals surface area contributed by atoms with Crippen molar-refractivity contribution in [2.24, 2.45) is 5.73 Å². The molecule has 1 heterocycles.